The maximum atomic E-state index is 11.4. The molecule has 0 saturated heterocycles. The summed E-state index contributed by atoms with van der Waals surface area (Å²) in [5, 5.41) is 0. The molecule has 0 bridgehead atoms. The quantitative estimate of drug-likeness (QED) is 0.409. The zero-order valence-electron chi connectivity index (χ0n) is 10.7. The van der Waals surface area contributed by atoms with Crippen LogP contribution in [0, 0.1) is 5.41 Å². The van der Waals surface area contributed by atoms with Crippen LogP contribution in [-0.2, 0) is 9.53 Å². The number of carbonyl (C=O) groups excluding carboxylic acids is 1. The van der Waals surface area contributed by atoms with Gasteiger partial charge in [-0.15, -0.1) is 12.3 Å². The summed E-state index contributed by atoms with van der Waals surface area (Å²) in [6.07, 6.45) is 0.951. The average molecular weight is 228 g/mol. The molecule has 0 heterocycles. The van der Waals surface area contributed by atoms with Gasteiger partial charge in [-0.3, -0.25) is 4.79 Å². The number of ether oxygens (including phenoxy) is 1. The van der Waals surface area contributed by atoms with Crippen molar-refractivity contribution >= 4 is 14.0 Å². The highest BCUT2D eigenvalue weighted by Crippen LogP contribution is 2.17. The molecule has 0 spiro atoms. The summed E-state index contributed by atoms with van der Waals surface area (Å²) in [7, 11) is -1.22. The molecule has 3 heteroatoms. The third kappa shape index (κ3) is 6.50. The molecule has 0 aromatic carbocycles. The molecule has 0 aromatic rings. The number of rotatable bonds is 5. The third-order valence-electron chi connectivity index (χ3n) is 2.36. The minimum atomic E-state index is -1.22. The fraction of sp³-hybridized carbons (Fsp3) is 0.750. The van der Waals surface area contributed by atoms with E-state index in [2.05, 4.69) is 25.4 Å². The van der Waals surface area contributed by atoms with Crippen molar-refractivity contribution in [2.24, 2.45) is 5.41 Å². The lowest BCUT2D eigenvalue weighted by Gasteiger charge is -2.19. The molecule has 0 saturated carbocycles. The van der Waals surface area contributed by atoms with Gasteiger partial charge in [-0.25, -0.2) is 0 Å². The highest BCUT2D eigenvalue weighted by molar-refractivity contribution is 6.82. The van der Waals surface area contributed by atoms with Gasteiger partial charge in [0.1, 0.15) is 0 Å². The van der Waals surface area contributed by atoms with Gasteiger partial charge in [-0.2, -0.15) is 0 Å². The first-order chi connectivity index (χ1) is 6.69. The van der Waals surface area contributed by atoms with E-state index >= 15 is 0 Å². The summed E-state index contributed by atoms with van der Waals surface area (Å²) < 4.78 is 5.20. The van der Waals surface area contributed by atoms with Gasteiger partial charge in [-0.1, -0.05) is 19.1 Å². The van der Waals surface area contributed by atoms with E-state index in [-0.39, 0.29) is 11.4 Å². The average Bonchev–Trinajstić information content (AvgIpc) is 2.10. The van der Waals surface area contributed by atoms with E-state index < -0.39 is 8.07 Å². The van der Waals surface area contributed by atoms with Crippen LogP contribution in [0.3, 0.4) is 0 Å². The van der Waals surface area contributed by atoms with Gasteiger partial charge in [0.05, 0.1) is 20.1 Å². The Bertz CT molecular complexity index is 226. The van der Waals surface area contributed by atoms with E-state index in [1.165, 1.54) is 0 Å². The van der Waals surface area contributed by atoms with Crippen LogP contribution in [0.4, 0.5) is 0 Å². The van der Waals surface area contributed by atoms with E-state index in [4.69, 9.17) is 4.74 Å². The largest absolute Gasteiger partial charge is 0.465 e. The van der Waals surface area contributed by atoms with Crippen LogP contribution >= 0.6 is 0 Å². The zero-order valence-corrected chi connectivity index (χ0v) is 11.7. The highest BCUT2D eigenvalue weighted by atomic mass is 28.3. The van der Waals surface area contributed by atoms with Gasteiger partial charge in [-0.05, 0) is 27.2 Å². The third-order valence-corrected chi connectivity index (χ3v) is 5.11. The smallest absolute Gasteiger partial charge is 0.311 e. The normalized spacial score (nSPS) is 12.3. The van der Waals surface area contributed by atoms with Gasteiger partial charge in [0.25, 0.3) is 0 Å². The molecule has 0 aliphatic carbocycles. The van der Waals surface area contributed by atoms with Crippen LogP contribution in [0.5, 0.6) is 0 Å². The molecule has 0 atom stereocenters. The summed E-state index contributed by atoms with van der Waals surface area (Å²) >= 11 is 0. The van der Waals surface area contributed by atoms with Crippen molar-refractivity contribution < 1.29 is 9.53 Å². The molecular weight excluding hydrogens is 204 g/mol. The maximum absolute atomic E-state index is 11.4. The number of carbonyl (C=O) groups is 1. The molecule has 0 N–H and O–H groups in total. The molecule has 88 valence electrons. The Morgan fingerprint density at radius 2 is 1.93 bits per heavy atom. The summed E-state index contributed by atoms with van der Waals surface area (Å²) in [6.45, 7) is 14.5. The molecule has 15 heavy (non-hydrogen) atoms. The van der Waals surface area contributed by atoms with Crippen molar-refractivity contribution in [3.8, 4) is 0 Å². The van der Waals surface area contributed by atoms with Crippen molar-refractivity contribution in [1.29, 1.82) is 0 Å². The maximum Gasteiger partial charge on any atom is 0.311 e. The molecular formula is C12H24O2Si. The monoisotopic (exact) mass is 228 g/mol. The van der Waals surface area contributed by atoms with Crippen molar-refractivity contribution in [3.05, 3.63) is 12.3 Å². The van der Waals surface area contributed by atoms with Gasteiger partial charge in [0, 0.05) is 0 Å². The fourth-order valence-electron chi connectivity index (χ4n) is 1.01. The lowest BCUT2D eigenvalue weighted by atomic mass is 9.97. The predicted octanol–water partition coefficient (Wildman–Crippen LogP) is 3.40. The summed E-state index contributed by atoms with van der Waals surface area (Å²) in [5.74, 6) is -0.111. The van der Waals surface area contributed by atoms with Gasteiger partial charge < -0.3 is 4.74 Å². The van der Waals surface area contributed by atoms with E-state index in [1.807, 2.05) is 20.8 Å². The van der Waals surface area contributed by atoms with Crippen molar-refractivity contribution in [3.63, 3.8) is 0 Å². The Balaban J connectivity index is 3.74. The van der Waals surface area contributed by atoms with Crippen LogP contribution in [0.2, 0.25) is 19.1 Å². The minimum Gasteiger partial charge on any atom is -0.465 e. The first kappa shape index (κ1) is 14.4. The molecule has 0 rings (SSSR count). The van der Waals surface area contributed by atoms with Gasteiger partial charge >= 0.3 is 5.97 Å². The molecule has 0 aliphatic heterocycles. The summed E-state index contributed by atoms with van der Waals surface area (Å²) in [6, 6.07) is 1.13. The molecule has 0 unspecified atom stereocenters. The van der Waals surface area contributed by atoms with Crippen molar-refractivity contribution in [1.82, 2.24) is 0 Å². The van der Waals surface area contributed by atoms with Gasteiger partial charge in [0.15, 0.2) is 0 Å². The molecule has 0 aromatic heterocycles. The topological polar surface area (TPSA) is 26.3 Å². The SMILES string of the molecule is C=C[Si](C)(C)CCCOC(=O)C(C)(C)C. The van der Waals surface area contributed by atoms with E-state index in [0.717, 1.165) is 12.5 Å². The van der Waals surface area contributed by atoms with Crippen molar-refractivity contribution in [2.75, 3.05) is 6.61 Å². The second-order valence-electron chi connectivity index (χ2n) is 5.68. The molecule has 0 aliphatic rings. The Kier molecular flexibility index (Phi) is 5.28. The Labute approximate surface area is 94.7 Å². The molecule has 2 nitrogen and oxygen atoms in total. The van der Waals surface area contributed by atoms with E-state index in [1.54, 1.807) is 0 Å². The number of hydrogen-bond donors (Lipinski definition) is 0. The predicted molar refractivity (Wildman–Crippen MR) is 67.5 cm³/mol. The minimum absolute atomic E-state index is 0.111. The summed E-state index contributed by atoms with van der Waals surface area (Å²) in [4.78, 5) is 11.4. The van der Waals surface area contributed by atoms with Crippen LogP contribution in [-0.4, -0.2) is 20.7 Å². The first-order valence-corrected chi connectivity index (χ1v) is 8.78. The Morgan fingerprint density at radius 1 is 1.40 bits per heavy atom. The van der Waals surface area contributed by atoms with Crippen LogP contribution in [0.15, 0.2) is 12.3 Å². The lowest BCUT2D eigenvalue weighted by molar-refractivity contribution is -0.152. The number of esters is 1. The lowest BCUT2D eigenvalue weighted by Crippen LogP contribution is -2.25. The van der Waals surface area contributed by atoms with Crippen LogP contribution < -0.4 is 0 Å². The molecule has 0 amide bonds. The second kappa shape index (κ2) is 5.49. The standard InChI is InChI=1S/C12H24O2Si/c1-7-15(5,6)10-8-9-14-11(13)12(2,3)4/h7H,1,8-10H2,2-6H3. The van der Waals surface area contributed by atoms with E-state index in [0.29, 0.717) is 6.61 Å². The van der Waals surface area contributed by atoms with Crippen LogP contribution in [0.1, 0.15) is 27.2 Å². The van der Waals surface area contributed by atoms with Crippen LogP contribution in [0.25, 0.3) is 0 Å². The second-order valence-corrected chi connectivity index (χ2v) is 10.6. The van der Waals surface area contributed by atoms with Crippen molar-refractivity contribution in [2.45, 2.75) is 46.3 Å². The Morgan fingerprint density at radius 3 is 2.33 bits per heavy atom. The molecule has 0 radical (unpaired) electrons. The van der Waals surface area contributed by atoms with Gasteiger partial charge in [0.2, 0.25) is 0 Å². The number of hydrogen-bond acceptors (Lipinski definition) is 2. The Hall–Kier alpha value is -0.573. The fourth-order valence-corrected chi connectivity index (χ4v) is 2.27. The highest BCUT2D eigenvalue weighted by Gasteiger charge is 2.23. The molecule has 0 fully saturated rings. The first-order valence-electron chi connectivity index (χ1n) is 5.50. The van der Waals surface area contributed by atoms with E-state index in [9.17, 15) is 4.79 Å². The zero-order chi connectivity index (χ0) is 12.1. The summed E-state index contributed by atoms with van der Waals surface area (Å²) in [5.41, 5.74) is 1.70.